The smallest absolute Gasteiger partial charge is 0.238 e. The van der Waals surface area contributed by atoms with E-state index in [2.05, 4.69) is 17.8 Å². The molecule has 0 saturated heterocycles. The summed E-state index contributed by atoms with van der Waals surface area (Å²) in [6.45, 7) is 6.98. The number of carbonyl (C=O) groups excluding carboxylic acids is 1. The molecule has 0 bridgehead atoms. The first-order valence-electron chi connectivity index (χ1n) is 4.09. The van der Waals surface area contributed by atoms with Crippen molar-refractivity contribution < 1.29 is 4.79 Å². The second kappa shape index (κ2) is 4.68. The van der Waals surface area contributed by atoms with E-state index >= 15 is 0 Å². The number of rotatable bonds is 4. The zero-order valence-electron chi connectivity index (χ0n) is 8.13. The third kappa shape index (κ3) is 4.34. The molecule has 0 radical (unpaired) electrons. The van der Waals surface area contributed by atoms with Crippen molar-refractivity contribution in [1.82, 2.24) is 5.32 Å². The average molecular weight is 180 g/mol. The fraction of sp³-hybridized carbons (Fsp3) is 0.500. The summed E-state index contributed by atoms with van der Waals surface area (Å²) < 4.78 is 0. The molecule has 1 unspecified atom stereocenters. The molecular formula is C10H16N2O. The molecular weight excluding hydrogens is 164 g/mol. The monoisotopic (exact) mass is 180 g/mol. The van der Waals surface area contributed by atoms with Gasteiger partial charge < -0.3 is 11.1 Å². The lowest BCUT2D eigenvalue weighted by molar-refractivity contribution is -0.123. The highest BCUT2D eigenvalue weighted by molar-refractivity contribution is 5.82. The molecule has 0 rings (SSSR count). The Balaban J connectivity index is 4.16. The molecule has 0 saturated carbocycles. The van der Waals surface area contributed by atoms with Crippen LogP contribution in [0.5, 0.6) is 0 Å². The van der Waals surface area contributed by atoms with Crippen LogP contribution in [-0.4, -0.2) is 17.5 Å². The predicted molar refractivity (Wildman–Crippen MR) is 53.8 cm³/mol. The fourth-order valence-electron chi connectivity index (χ4n) is 0.723. The van der Waals surface area contributed by atoms with E-state index in [1.165, 1.54) is 0 Å². The maximum absolute atomic E-state index is 11.3. The van der Waals surface area contributed by atoms with Gasteiger partial charge in [-0.3, -0.25) is 4.79 Å². The Hall–Kier alpha value is -1.27. The lowest BCUT2D eigenvalue weighted by Crippen LogP contribution is -2.49. The Morgan fingerprint density at radius 2 is 2.38 bits per heavy atom. The normalized spacial score (nSPS) is 12.8. The summed E-state index contributed by atoms with van der Waals surface area (Å²) >= 11 is 0. The van der Waals surface area contributed by atoms with Crippen molar-refractivity contribution in [2.24, 2.45) is 5.73 Å². The minimum atomic E-state index is -0.643. The van der Waals surface area contributed by atoms with Gasteiger partial charge in [0.2, 0.25) is 5.91 Å². The van der Waals surface area contributed by atoms with Gasteiger partial charge in [-0.2, -0.15) is 0 Å². The van der Waals surface area contributed by atoms with Crippen LogP contribution >= 0.6 is 0 Å². The van der Waals surface area contributed by atoms with Gasteiger partial charge in [0.15, 0.2) is 0 Å². The second-order valence-electron chi connectivity index (χ2n) is 3.39. The summed E-state index contributed by atoms with van der Waals surface area (Å²) in [7, 11) is 0. The van der Waals surface area contributed by atoms with Crippen molar-refractivity contribution >= 4 is 5.91 Å². The molecule has 0 aliphatic carbocycles. The van der Waals surface area contributed by atoms with Crippen LogP contribution in [0.3, 0.4) is 0 Å². The summed E-state index contributed by atoms with van der Waals surface area (Å²) in [5.74, 6) is 2.21. The molecule has 0 spiro atoms. The Kier molecular flexibility index (Phi) is 4.22. The maximum Gasteiger partial charge on any atom is 0.238 e. The number of terminal acetylenes is 1. The number of hydrogen-bond donors (Lipinski definition) is 2. The molecule has 0 aromatic rings. The SMILES string of the molecule is C#CC(C)(C)NC(=O)C(N)CC=C. The molecule has 72 valence electrons. The van der Waals surface area contributed by atoms with Gasteiger partial charge in [-0.1, -0.05) is 12.0 Å². The first-order chi connectivity index (χ1) is 5.93. The van der Waals surface area contributed by atoms with Crippen molar-refractivity contribution in [3.05, 3.63) is 12.7 Å². The number of nitrogens with one attached hydrogen (secondary N) is 1. The van der Waals surface area contributed by atoms with Crippen LogP contribution in [0.1, 0.15) is 20.3 Å². The van der Waals surface area contributed by atoms with Crippen molar-refractivity contribution in [2.75, 3.05) is 0 Å². The van der Waals surface area contributed by atoms with Gasteiger partial charge in [-0.15, -0.1) is 13.0 Å². The average Bonchev–Trinajstić information content (AvgIpc) is 2.04. The minimum absolute atomic E-state index is 0.247. The van der Waals surface area contributed by atoms with Crippen LogP contribution in [0.25, 0.3) is 0 Å². The number of carbonyl (C=O) groups is 1. The van der Waals surface area contributed by atoms with Gasteiger partial charge >= 0.3 is 0 Å². The fourth-order valence-corrected chi connectivity index (χ4v) is 0.723. The van der Waals surface area contributed by atoms with E-state index in [1.807, 2.05) is 0 Å². The molecule has 1 amide bonds. The van der Waals surface area contributed by atoms with E-state index in [-0.39, 0.29) is 5.91 Å². The first kappa shape index (κ1) is 11.7. The van der Waals surface area contributed by atoms with Gasteiger partial charge in [0.25, 0.3) is 0 Å². The van der Waals surface area contributed by atoms with E-state index in [0.717, 1.165) is 0 Å². The van der Waals surface area contributed by atoms with Gasteiger partial charge in [0.05, 0.1) is 11.6 Å². The van der Waals surface area contributed by atoms with Gasteiger partial charge in [0.1, 0.15) is 0 Å². The molecule has 0 aliphatic heterocycles. The lowest BCUT2D eigenvalue weighted by atomic mass is 10.1. The van der Waals surface area contributed by atoms with Crippen molar-refractivity contribution in [1.29, 1.82) is 0 Å². The van der Waals surface area contributed by atoms with Gasteiger partial charge in [0, 0.05) is 0 Å². The zero-order chi connectivity index (χ0) is 10.5. The van der Waals surface area contributed by atoms with E-state index < -0.39 is 11.6 Å². The summed E-state index contributed by atoms with van der Waals surface area (Å²) in [4.78, 5) is 11.3. The van der Waals surface area contributed by atoms with E-state index in [0.29, 0.717) is 6.42 Å². The molecule has 0 aromatic heterocycles. The Morgan fingerprint density at radius 3 is 2.77 bits per heavy atom. The highest BCUT2D eigenvalue weighted by Gasteiger charge is 2.20. The third-order valence-corrected chi connectivity index (χ3v) is 1.55. The quantitative estimate of drug-likeness (QED) is 0.486. The van der Waals surface area contributed by atoms with Crippen molar-refractivity contribution in [3.63, 3.8) is 0 Å². The molecule has 0 fully saturated rings. The maximum atomic E-state index is 11.3. The van der Waals surface area contributed by atoms with Gasteiger partial charge in [-0.05, 0) is 20.3 Å². The molecule has 13 heavy (non-hydrogen) atoms. The van der Waals surface area contributed by atoms with Crippen LogP contribution in [0, 0.1) is 12.3 Å². The summed E-state index contributed by atoms with van der Waals surface area (Å²) in [6, 6.07) is -0.565. The highest BCUT2D eigenvalue weighted by Crippen LogP contribution is 2.00. The lowest BCUT2D eigenvalue weighted by Gasteiger charge is -2.21. The second-order valence-corrected chi connectivity index (χ2v) is 3.39. The minimum Gasteiger partial charge on any atom is -0.339 e. The molecule has 3 N–H and O–H groups in total. The van der Waals surface area contributed by atoms with Gasteiger partial charge in [-0.25, -0.2) is 0 Å². The summed E-state index contributed by atoms with van der Waals surface area (Å²) in [5, 5.41) is 2.64. The third-order valence-electron chi connectivity index (χ3n) is 1.55. The topological polar surface area (TPSA) is 55.1 Å². The first-order valence-corrected chi connectivity index (χ1v) is 4.09. The largest absolute Gasteiger partial charge is 0.339 e. The molecule has 0 aliphatic rings. The molecule has 3 heteroatoms. The van der Waals surface area contributed by atoms with E-state index in [4.69, 9.17) is 12.2 Å². The predicted octanol–water partition coefficient (Wildman–Crippen LogP) is 0.418. The molecule has 0 heterocycles. The molecule has 0 aromatic carbocycles. The van der Waals surface area contributed by atoms with E-state index in [9.17, 15) is 4.79 Å². The molecule has 3 nitrogen and oxygen atoms in total. The number of nitrogens with two attached hydrogens (primary N) is 1. The van der Waals surface area contributed by atoms with Crippen molar-refractivity contribution in [2.45, 2.75) is 31.8 Å². The van der Waals surface area contributed by atoms with Crippen LogP contribution in [0.2, 0.25) is 0 Å². The van der Waals surface area contributed by atoms with Crippen LogP contribution in [-0.2, 0) is 4.79 Å². The summed E-state index contributed by atoms with van der Waals surface area (Å²) in [6.07, 6.45) is 7.26. The Morgan fingerprint density at radius 1 is 1.85 bits per heavy atom. The number of amides is 1. The zero-order valence-corrected chi connectivity index (χ0v) is 8.13. The Labute approximate surface area is 79.4 Å². The van der Waals surface area contributed by atoms with E-state index in [1.54, 1.807) is 19.9 Å². The Bertz CT molecular complexity index is 238. The van der Waals surface area contributed by atoms with Crippen LogP contribution < -0.4 is 11.1 Å². The van der Waals surface area contributed by atoms with Crippen LogP contribution in [0.4, 0.5) is 0 Å². The summed E-state index contributed by atoms with van der Waals surface area (Å²) in [5.41, 5.74) is 4.89. The highest BCUT2D eigenvalue weighted by atomic mass is 16.2. The van der Waals surface area contributed by atoms with Crippen molar-refractivity contribution in [3.8, 4) is 12.3 Å². The number of hydrogen-bond acceptors (Lipinski definition) is 2. The molecule has 1 atom stereocenters. The van der Waals surface area contributed by atoms with Crippen LogP contribution in [0.15, 0.2) is 12.7 Å². The standard InChI is InChI=1S/C10H16N2O/c1-5-7-8(11)9(13)12-10(3,4)6-2/h2,5,8H,1,7,11H2,3-4H3,(H,12,13).